The average Bonchev–Trinajstić information content (AvgIpc) is 3.32. The zero-order valence-corrected chi connectivity index (χ0v) is 20.3. The van der Waals surface area contributed by atoms with E-state index < -0.39 is 22.5 Å². The summed E-state index contributed by atoms with van der Waals surface area (Å²) in [4.78, 5) is 29.2. The maximum Gasteiger partial charge on any atom is 0.253 e. The van der Waals surface area contributed by atoms with E-state index in [0.717, 1.165) is 69.2 Å². The van der Waals surface area contributed by atoms with Crippen LogP contribution in [0.25, 0.3) is 0 Å². The minimum absolute atomic E-state index is 0.175. The van der Waals surface area contributed by atoms with Crippen LogP contribution in [0.2, 0.25) is 0 Å². The Bertz CT molecular complexity index is 1280. The number of halogens is 2. The number of hydrogen-bond acceptors (Lipinski definition) is 6. The standard InChI is InChI=1S/C28H31F2N3O3/c29-22-7-6-19(18-23(22)30)11-17-36-16-3-12-32-13-9-21(10-14-32)31-25-26(28(35)27(25)34)33-15-8-20-4-1-2-5-24(20)33/h1-2,4-7,18,21,31H,3,8-17H2. The molecule has 0 atom stereocenters. The molecule has 2 aliphatic rings. The lowest BCUT2D eigenvalue weighted by Crippen LogP contribution is -2.45. The first-order chi connectivity index (χ1) is 17.5. The third kappa shape index (κ3) is 5.20. The Morgan fingerprint density at radius 3 is 2.56 bits per heavy atom. The zero-order chi connectivity index (χ0) is 25.1. The van der Waals surface area contributed by atoms with Gasteiger partial charge in [-0.25, -0.2) is 8.78 Å². The van der Waals surface area contributed by atoms with Gasteiger partial charge in [-0.15, -0.1) is 0 Å². The number of piperidine rings is 1. The fourth-order valence-corrected chi connectivity index (χ4v) is 5.22. The van der Waals surface area contributed by atoms with Crippen molar-refractivity contribution >= 4 is 17.1 Å². The first kappa shape index (κ1) is 24.6. The van der Waals surface area contributed by atoms with Gasteiger partial charge in [0.05, 0.1) is 6.61 Å². The van der Waals surface area contributed by atoms with Crippen LogP contribution in [0.3, 0.4) is 0 Å². The molecular formula is C28H31F2N3O3. The van der Waals surface area contributed by atoms with Crippen molar-refractivity contribution in [1.29, 1.82) is 0 Å². The lowest BCUT2D eigenvalue weighted by molar-refractivity contribution is 0.118. The van der Waals surface area contributed by atoms with Crippen molar-refractivity contribution in [1.82, 2.24) is 4.90 Å². The van der Waals surface area contributed by atoms with Crippen LogP contribution < -0.4 is 21.1 Å². The zero-order valence-electron chi connectivity index (χ0n) is 20.3. The predicted molar refractivity (Wildman–Crippen MR) is 137 cm³/mol. The third-order valence-corrected chi connectivity index (χ3v) is 7.26. The van der Waals surface area contributed by atoms with Gasteiger partial charge in [-0.2, -0.15) is 0 Å². The van der Waals surface area contributed by atoms with E-state index in [1.165, 1.54) is 11.6 Å². The number of ether oxygens (including phenoxy) is 1. The average molecular weight is 496 g/mol. The van der Waals surface area contributed by atoms with Gasteiger partial charge in [0, 0.05) is 44.5 Å². The first-order valence-electron chi connectivity index (χ1n) is 12.7. The fourth-order valence-electron chi connectivity index (χ4n) is 5.22. The molecule has 1 saturated heterocycles. The minimum atomic E-state index is -0.832. The number of fused-ring (bicyclic) bond motifs is 1. The summed E-state index contributed by atoms with van der Waals surface area (Å²) in [5.74, 6) is -1.66. The van der Waals surface area contributed by atoms with Crippen molar-refractivity contribution in [3.05, 3.63) is 85.7 Å². The van der Waals surface area contributed by atoms with Gasteiger partial charge in [-0.3, -0.25) is 9.59 Å². The molecule has 6 nitrogen and oxygen atoms in total. The van der Waals surface area contributed by atoms with E-state index in [2.05, 4.69) is 16.3 Å². The van der Waals surface area contributed by atoms with E-state index in [9.17, 15) is 18.4 Å². The molecule has 3 aromatic carbocycles. The molecule has 1 N–H and O–H groups in total. The van der Waals surface area contributed by atoms with E-state index in [-0.39, 0.29) is 6.04 Å². The number of rotatable bonds is 10. The quantitative estimate of drug-likeness (QED) is 0.341. The molecule has 2 heterocycles. The Hall–Kier alpha value is -3.10. The fraction of sp³-hybridized carbons (Fsp3) is 0.429. The largest absolute Gasteiger partial charge is 0.381 e. The molecule has 0 aliphatic carbocycles. The number of benzene rings is 2. The molecular weight excluding hydrogens is 464 g/mol. The first-order valence-corrected chi connectivity index (χ1v) is 12.7. The highest BCUT2D eigenvalue weighted by atomic mass is 19.2. The molecule has 0 unspecified atom stereocenters. The number of likely N-dealkylation sites (tertiary alicyclic amines) is 1. The Morgan fingerprint density at radius 1 is 0.944 bits per heavy atom. The molecule has 0 amide bonds. The van der Waals surface area contributed by atoms with Gasteiger partial charge in [0.2, 0.25) is 0 Å². The SMILES string of the molecule is O=c1c(NC2CCN(CCCOCCc3ccc(F)c(F)c3)CC2)c(N2CCc3ccccc32)c1=O. The van der Waals surface area contributed by atoms with Crippen LogP contribution in [0, 0.1) is 11.6 Å². The van der Waals surface area contributed by atoms with Crippen molar-refractivity contribution < 1.29 is 13.5 Å². The number of nitrogens with zero attached hydrogens (tertiary/aromatic N) is 2. The summed E-state index contributed by atoms with van der Waals surface area (Å²) in [6, 6.07) is 12.2. The van der Waals surface area contributed by atoms with E-state index in [1.807, 2.05) is 23.1 Å². The molecule has 0 aromatic heterocycles. The second kappa shape index (κ2) is 10.9. The Balaban J connectivity index is 1.03. The molecule has 0 radical (unpaired) electrons. The van der Waals surface area contributed by atoms with Gasteiger partial charge in [0.15, 0.2) is 11.6 Å². The van der Waals surface area contributed by atoms with Gasteiger partial charge in [0.1, 0.15) is 11.4 Å². The molecule has 5 rings (SSSR count). The molecule has 190 valence electrons. The highest BCUT2D eigenvalue weighted by Gasteiger charge is 2.32. The second-order valence-electron chi connectivity index (χ2n) is 9.64. The van der Waals surface area contributed by atoms with E-state index in [0.29, 0.717) is 31.0 Å². The highest BCUT2D eigenvalue weighted by Crippen LogP contribution is 2.36. The van der Waals surface area contributed by atoms with E-state index >= 15 is 0 Å². The Morgan fingerprint density at radius 2 is 1.75 bits per heavy atom. The maximum atomic E-state index is 13.3. The number of para-hydroxylation sites is 1. The van der Waals surface area contributed by atoms with Crippen LogP contribution >= 0.6 is 0 Å². The maximum absolute atomic E-state index is 13.3. The highest BCUT2D eigenvalue weighted by molar-refractivity contribution is 5.83. The summed E-state index contributed by atoms with van der Waals surface area (Å²) in [7, 11) is 0. The van der Waals surface area contributed by atoms with Crippen molar-refractivity contribution in [2.75, 3.05) is 49.6 Å². The molecule has 3 aromatic rings. The van der Waals surface area contributed by atoms with Crippen molar-refractivity contribution in [2.24, 2.45) is 0 Å². The number of nitrogens with one attached hydrogen (secondary N) is 1. The van der Waals surface area contributed by atoms with Crippen molar-refractivity contribution in [2.45, 2.75) is 38.1 Å². The van der Waals surface area contributed by atoms with Crippen LogP contribution in [0.4, 0.5) is 25.8 Å². The topological polar surface area (TPSA) is 61.9 Å². The summed E-state index contributed by atoms with van der Waals surface area (Å²) < 4.78 is 31.9. The van der Waals surface area contributed by atoms with Gasteiger partial charge in [-0.1, -0.05) is 24.3 Å². The van der Waals surface area contributed by atoms with Gasteiger partial charge >= 0.3 is 0 Å². The van der Waals surface area contributed by atoms with Crippen molar-refractivity contribution in [3.8, 4) is 0 Å². The van der Waals surface area contributed by atoms with Gasteiger partial charge in [0.25, 0.3) is 10.9 Å². The van der Waals surface area contributed by atoms with E-state index in [4.69, 9.17) is 4.74 Å². The van der Waals surface area contributed by atoms with E-state index in [1.54, 1.807) is 6.07 Å². The lowest BCUT2D eigenvalue weighted by Gasteiger charge is -2.34. The summed E-state index contributed by atoms with van der Waals surface area (Å²) in [5.41, 5.74) is 3.15. The van der Waals surface area contributed by atoms with Gasteiger partial charge in [-0.05, 0) is 61.4 Å². The summed E-state index contributed by atoms with van der Waals surface area (Å²) >= 11 is 0. The molecule has 0 bridgehead atoms. The monoisotopic (exact) mass is 495 g/mol. The Labute approximate surface area is 209 Å². The normalized spacial score (nSPS) is 16.6. The molecule has 8 heteroatoms. The predicted octanol–water partition coefficient (Wildman–Crippen LogP) is 3.78. The number of anilines is 3. The summed E-state index contributed by atoms with van der Waals surface area (Å²) in [6.07, 6.45) is 4.14. The third-order valence-electron chi connectivity index (χ3n) is 7.26. The smallest absolute Gasteiger partial charge is 0.253 e. The Kier molecular flexibility index (Phi) is 7.43. The van der Waals surface area contributed by atoms with Crippen molar-refractivity contribution in [3.63, 3.8) is 0 Å². The molecule has 36 heavy (non-hydrogen) atoms. The van der Waals surface area contributed by atoms with Crippen LogP contribution in [0.5, 0.6) is 0 Å². The molecule has 1 fully saturated rings. The summed E-state index contributed by atoms with van der Waals surface area (Å²) in [5, 5.41) is 3.39. The molecule has 0 spiro atoms. The molecule has 0 saturated carbocycles. The minimum Gasteiger partial charge on any atom is -0.381 e. The number of hydrogen-bond donors (Lipinski definition) is 1. The van der Waals surface area contributed by atoms with Crippen LogP contribution in [-0.2, 0) is 17.6 Å². The van der Waals surface area contributed by atoms with Crippen LogP contribution in [-0.4, -0.2) is 50.3 Å². The van der Waals surface area contributed by atoms with Crippen LogP contribution in [0.1, 0.15) is 30.4 Å². The molecule has 2 aliphatic heterocycles. The summed E-state index contributed by atoms with van der Waals surface area (Å²) in [6.45, 7) is 4.58. The lowest BCUT2D eigenvalue weighted by atomic mass is 10.0. The second-order valence-corrected chi connectivity index (χ2v) is 9.64. The van der Waals surface area contributed by atoms with Crippen LogP contribution in [0.15, 0.2) is 52.1 Å². The van der Waals surface area contributed by atoms with Gasteiger partial charge < -0.3 is 19.9 Å².